The lowest BCUT2D eigenvalue weighted by Gasteiger charge is -2.28. The number of unbranched alkanes of at least 4 members (excludes halogenated alkanes) is 2. The molecule has 3 atom stereocenters. The van der Waals surface area contributed by atoms with Crippen LogP contribution in [0.3, 0.4) is 0 Å². The van der Waals surface area contributed by atoms with Gasteiger partial charge in [0.1, 0.15) is 0 Å². The van der Waals surface area contributed by atoms with Crippen molar-refractivity contribution in [2.75, 3.05) is 13.2 Å². The smallest absolute Gasteiger partial charge is 0.0616 e. The SMILES string of the molecule is CCCCCC(NCCC)C1CCOC1CC. The van der Waals surface area contributed by atoms with Crippen molar-refractivity contribution < 1.29 is 4.74 Å². The lowest BCUT2D eigenvalue weighted by molar-refractivity contribution is 0.0761. The molecule has 1 N–H and O–H groups in total. The van der Waals surface area contributed by atoms with Crippen molar-refractivity contribution in [3.05, 3.63) is 0 Å². The average molecular weight is 241 g/mol. The van der Waals surface area contributed by atoms with E-state index in [0.717, 1.165) is 19.1 Å². The van der Waals surface area contributed by atoms with Crippen molar-refractivity contribution in [3.8, 4) is 0 Å². The monoisotopic (exact) mass is 241 g/mol. The second-order valence-electron chi connectivity index (χ2n) is 5.33. The molecule has 0 aromatic rings. The zero-order valence-corrected chi connectivity index (χ0v) is 12.0. The van der Waals surface area contributed by atoms with Gasteiger partial charge in [-0.2, -0.15) is 0 Å². The number of hydrogen-bond acceptors (Lipinski definition) is 2. The summed E-state index contributed by atoms with van der Waals surface area (Å²) in [4.78, 5) is 0. The average Bonchev–Trinajstić information content (AvgIpc) is 2.81. The van der Waals surface area contributed by atoms with E-state index in [1.54, 1.807) is 0 Å². The first kappa shape index (κ1) is 15.0. The minimum atomic E-state index is 0.506. The second kappa shape index (κ2) is 8.93. The molecule has 0 aromatic carbocycles. The van der Waals surface area contributed by atoms with Gasteiger partial charge < -0.3 is 10.1 Å². The summed E-state index contributed by atoms with van der Waals surface area (Å²) in [7, 11) is 0. The molecule has 1 rings (SSSR count). The van der Waals surface area contributed by atoms with Gasteiger partial charge in [-0.25, -0.2) is 0 Å². The molecule has 3 unspecified atom stereocenters. The maximum Gasteiger partial charge on any atom is 0.0616 e. The van der Waals surface area contributed by atoms with Gasteiger partial charge in [-0.05, 0) is 32.2 Å². The van der Waals surface area contributed by atoms with E-state index in [0.29, 0.717) is 12.1 Å². The maximum atomic E-state index is 5.84. The van der Waals surface area contributed by atoms with Gasteiger partial charge in [-0.3, -0.25) is 0 Å². The van der Waals surface area contributed by atoms with Crippen molar-refractivity contribution in [2.24, 2.45) is 5.92 Å². The highest BCUT2D eigenvalue weighted by Crippen LogP contribution is 2.28. The molecule has 1 heterocycles. The topological polar surface area (TPSA) is 21.3 Å². The Hall–Kier alpha value is -0.0800. The summed E-state index contributed by atoms with van der Waals surface area (Å²) in [5, 5.41) is 3.75. The van der Waals surface area contributed by atoms with Crippen LogP contribution in [0.4, 0.5) is 0 Å². The van der Waals surface area contributed by atoms with Crippen LogP contribution in [0.5, 0.6) is 0 Å². The van der Waals surface area contributed by atoms with E-state index in [1.807, 2.05) is 0 Å². The molecule has 0 aliphatic carbocycles. The third-order valence-electron chi connectivity index (χ3n) is 3.96. The van der Waals surface area contributed by atoms with Gasteiger partial charge in [-0.1, -0.05) is 40.0 Å². The van der Waals surface area contributed by atoms with Crippen molar-refractivity contribution in [1.82, 2.24) is 5.32 Å². The Bertz CT molecular complexity index is 184. The lowest BCUT2D eigenvalue weighted by atomic mass is 9.88. The first-order valence-corrected chi connectivity index (χ1v) is 7.68. The predicted octanol–water partition coefficient (Wildman–Crippen LogP) is 3.75. The van der Waals surface area contributed by atoms with E-state index < -0.39 is 0 Å². The van der Waals surface area contributed by atoms with Gasteiger partial charge in [0, 0.05) is 18.6 Å². The summed E-state index contributed by atoms with van der Waals surface area (Å²) >= 11 is 0. The fourth-order valence-electron chi connectivity index (χ4n) is 2.96. The van der Waals surface area contributed by atoms with Gasteiger partial charge in [0.2, 0.25) is 0 Å². The van der Waals surface area contributed by atoms with E-state index >= 15 is 0 Å². The third kappa shape index (κ3) is 4.97. The van der Waals surface area contributed by atoms with Gasteiger partial charge in [0.25, 0.3) is 0 Å². The van der Waals surface area contributed by atoms with Crippen LogP contribution in [-0.2, 0) is 4.74 Å². The van der Waals surface area contributed by atoms with E-state index in [4.69, 9.17) is 4.74 Å². The van der Waals surface area contributed by atoms with Crippen LogP contribution in [0.1, 0.15) is 65.7 Å². The van der Waals surface area contributed by atoms with Crippen LogP contribution in [0.15, 0.2) is 0 Å². The molecule has 2 heteroatoms. The first-order chi connectivity index (χ1) is 8.33. The van der Waals surface area contributed by atoms with E-state index in [2.05, 4.69) is 26.1 Å². The summed E-state index contributed by atoms with van der Waals surface area (Å²) in [6.45, 7) is 8.91. The lowest BCUT2D eigenvalue weighted by Crippen LogP contribution is -2.40. The fraction of sp³-hybridized carbons (Fsp3) is 1.00. The zero-order valence-electron chi connectivity index (χ0n) is 12.0. The summed E-state index contributed by atoms with van der Waals surface area (Å²) in [6, 6.07) is 0.689. The Labute approximate surface area is 108 Å². The Kier molecular flexibility index (Phi) is 7.87. The maximum absolute atomic E-state index is 5.84. The normalized spacial score (nSPS) is 26.3. The van der Waals surface area contributed by atoms with E-state index in [1.165, 1.54) is 44.9 Å². The standard InChI is InChI=1S/C15H31NO/c1-4-7-8-9-14(16-11-5-2)13-10-12-17-15(13)6-3/h13-16H,4-12H2,1-3H3. The predicted molar refractivity (Wildman–Crippen MR) is 74.4 cm³/mol. The van der Waals surface area contributed by atoms with E-state index in [-0.39, 0.29) is 0 Å². The zero-order chi connectivity index (χ0) is 12.5. The molecule has 1 saturated heterocycles. The molecule has 0 amide bonds. The van der Waals surface area contributed by atoms with Gasteiger partial charge >= 0.3 is 0 Å². The molecule has 0 bridgehead atoms. The van der Waals surface area contributed by atoms with Crippen LogP contribution in [0.2, 0.25) is 0 Å². The summed E-state index contributed by atoms with van der Waals surface area (Å²) in [6.07, 6.45) is 9.55. The van der Waals surface area contributed by atoms with Gasteiger partial charge in [0.05, 0.1) is 6.10 Å². The molecule has 1 aliphatic rings. The van der Waals surface area contributed by atoms with Crippen LogP contribution in [0.25, 0.3) is 0 Å². The van der Waals surface area contributed by atoms with Crippen LogP contribution < -0.4 is 5.32 Å². The Morgan fingerprint density at radius 1 is 1.18 bits per heavy atom. The van der Waals surface area contributed by atoms with Crippen molar-refractivity contribution in [1.29, 1.82) is 0 Å². The highest BCUT2D eigenvalue weighted by molar-refractivity contribution is 4.85. The minimum absolute atomic E-state index is 0.506. The Balaban J connectivity index is 2.42. The number of hydrogen-bond donors (Lipinski definition) is 1. The molecule has 0 radical (unpaired) electrons. The highest BCUT2D eigenvalue weighted by Gasteiger charge is 2.32. The molecular formula is C15H31NO. The van der Waals surface area contributed by atoms with Crippen LogP contribution in [0, 0.1) is 5.92 Å². The molecule has 0 saturated carbocycles. The first-order valence-electron chi connectivity index (χ1n) is 7.68. The highest BCUT2D eigenvalue weighted by atomic mass is 16.5. The fourth-order valence-corrected chi connectivity index (χ4v) is 2.96. The van der Waals surface area contributed by atoms with E-state index in [9.17, 15) is 0 Å². The summed E-state index contributed by atoms with van der Waals surface area (Å²) in [5.41, 5.74) is 0. The number of ether oxygens (including phenoxy) is 1. The number of rotatable bonds is 9. The van der Waals surface area contributed by atoms with Crippen molar-refractivity contribution in [3.63, 3.8) is 0 Å². The van der Waals surface area contributed by atoms with Crippen LogP contribution in [-0.4, -0.2) is 25.3 Å². The summed E-state index contributed by atoms with van der Waals surface area (Å²) in [5.74, 6) is 0.753. The molecule has 1 fully saturated rings. The minimum Gasteiger partial charge on any atom is -0.378 e. The Morgan fingerprint density at radius 2 is 2.00 bits per heavy atom. The van der Waals surface area contributed by atoms with Crippen molar-refractivity contribution >= 4 is 0 Å². The second-order valence-corrected chi connectivity index (χ2v) is 5.33. The number of nitrogens with one attached hydrogen (secondary N) is 1. The summed E-state index contributed by atoms with van der Waals surface area (Å²) < 4.78 is 5.84. The molecule has 0 aromatic heterocycles. The molecule has 17 heavy (non-hydrogen) atoms. The van der Waals surface area contributed by atoms with Crippen LogP contribution >= 0.6 is 0 Å². The third-order valence-corrected chi connectivity index (χ3v) is 3.96. The quantitative estimate of drug-likeness (QED) is 0.621. The molecule has 1 aliphatic heterocycles. The largest absolute Gasteiger partial charge is 0.378 e. The van der Waals surface area contributed by atoms with Gasteiger partial charge in [-0.15, -0.1) is 0 Å². The molecule has 2 nitrogen and oxygen atoms in total. The molecule has 102 valence electrons. The molecule has 0 spiro atoms. The van der Waals surface area contributed by atoms with Gasteiger partial charge in [0.15, 0.2) is 0 Å². The Morgan fingerprint density at radius 3 is 2.65 bits per heavy atom. The molecular weight excluding hydrogens is 210 g/mol. The van der Waals surface area contributed by atoms with Crippen molar-refractivity contribution in [2.45, 2.75) is 77.9 Å².